The molecule has 2 aromatic rings. The molecule has 26 heavy (non-hydrogen) atoms. The molecule has 0 bridgehead atoms. The van der Waals surface area contributed by atoms with Crippen LogP contribution >= 0.6 is 0 Å². The third-order valence-corrected chi connectivity index (χ3v) is 3.74. The van der Waals surface area contributed by atoms with Crippen LogP contribution in [0.5, 0.6) is 0 Å². The molecule has 2 aromatic carbocycles. The molecule has 0 aromatic heterocycles. The average molecular weight is 351 g/mol. The standard InChI is InChI=1S/C20H21N3O3/c1-21-19(25)16-8-3-14(4-9-16)7-12-18(24)23-13-15-5-10-17(11-6-15)20(26)22-2/h3-12H,13H2,1-2H3,(H,21,25)(H,22,26)(H,23,24)/b12-7+. The number of nitrogens with one attached hydrogen (secondary N) is 3. The van der Waals surface area contributed by atoms with Gasteiger partial charge in [0, 0.05) is 37.8 Å². The molecular weight excluding hydrogens is 330 g/mol. The Morgan fingerprint density at radius 3 is 1.81 bits per heavy atom. The number of benzene rings is 2. The van der Waals surface area contributed by atoms with Crippen molar-refractivity contribution in [3.8, 4) is 0 Å². The van der Waals surface area contributed by atoms with E-state index in [9.17, 15) is 14.4 Å². The van der Waals surface area contributed by atoms with Gasteiger partial charge in [-0.05, 0) is 41.5 Å². The third-order valence-electron chi connectivity index (χ3n) is 3.74. The van der Waals surface area contributed by atoms with Crippen LogP contribution in [0.3, 0.4) is 0 Å². The minimum Gasteiger partial charge on any atom is -0.355 e. The van der Waals surface area contributed by atoms with E-state index in [2.05, 4.69) is 16.0 Å². The molecule has 0 heterocycles. The summed E-state index contributed by atoms with van der Waals surface area (Å²) in [6.07, 6.45) is 3.12. The first-order valence-electron chi connectivity index (χ1n) is 8.12. The van der Waals surface area contributed by atoms with Crippen LogP contribution in [0.4, 0.5) is 0 Å². The molecule has 0 atom stereocenters. The first-order valence-corrected chi connectivity index (χ1v) is 8.12. The highest BCUT2D eigenvalue weighted by Gasteiger charge is 2.03. The van der Waals surface area contributed by atoms with E-state index in [0.29, 0.717) is 17.7 Å². The van der Waals surface area contributed by atoms with Crippen molar-refractivity contribution in [2.45, 2.75) is 6.54 Å². The molecule has 3 amide bonds. The highest BCUT2D eigenvalue weighted by Crippen LogP contribution is 2.07. The maximum atomic E-state index is 11.9. The topological polar surface area (TPSA) is 87.3 Å². The lowest BCUT2D eigenvalue weighted by Crippen LogP contribution is -2.20. The summed E-state index contributed by atoms with van der Waals surface area (Å²) in [6.45, 7) is 0.368. The van der Waals surface area contributed by atoms with Crippen molar-refractivity contribution in [3.63, 3.8) is 0 Å². The molecule has 0 saturated carbocycles. The zero-order valence-corrected chi connectivity index (χ0v) is 14.7. The molecule has 0 fully saturated rings. The molecule has 0 spiro atoms. The fourth-order valence-electron chi connectivity index (χ4n) is 2.23. The summed E-state index contributed by atoms with van der Waals surface area (Å²) in [4.78, 5) is 34.9. The fraction of sp³-hybridized carbons (Fsp3) is 0.150. The van der Waals surface area contributed by atoms with Gasteiger partial charge in [0.05, 0.1) is 0 Å². The number of carbonyl (C=O) groups excluding carboxylic acids is 3. The van der Waals surface area contributed by atoms with E-state index >= 15 is 0 Å². The number of rotatable bonds is 6. The van der Waals surface area contributed by atoms with Gasteiger partial charge in [0.15, 0.2) is 0 Å². The minimum absolute atomic E-state index is 0.147. The lowest BCUT2D eigenvalue weighted by Gasteiger charge is -2.04. The summed E-state index contributed by atoms with van der Waals surface area (Å²) in [5.41, 5.74) is 2.86. The Labute approximate surface area is 152 Å². The lowest BCUT2D eigenvalue weighted by molar-refractivity contribution is -0.116. The van der Waals surface area contributed by atoms with Gasteiger partial charge in [0.1, 0.15) is 0 Å². The van der Waals surface area contributed by atoms with Crippen LogP contribution < -0.4 is 16.0 Å². The molecule has 0 saturated heterocycles. The fourth-order valence-corrected chi connectivity index (χ4v) is 2.23. The van der Waals surface area contributed by atoms with Crippen molar-refractivity contribution in [1.29, 1.82) is 0 Å². The molecule has 6 nitrogen and oxygen atoms in total. The highest BCUT2D eigenvalue weighted by atomic mass is 16.2. The van der Waals surface area contributed by atoms with Crippen molar-refractivity contribution in [2.24, 2.45) is 0 Å². The van der Waals surface area contributed by atoms with E-state index in [1.165, 1.54) is 6.08 Å². The van der Waals surface area contributed by atoms with E-state index < -0.39 is 0 Å². The van der Waals surface area contributed by atoms with Gasteiger partial charge in [-0.1, -0.05) is 24.3 Å². The van der Waals surface area contributed by atoms with Gasteiger partial charge in [0.25, 0.3) is 11.8 Å². The SMILES string of the molecule is CNC(=O)c1ccc(/C=C/C(=O)NCc2ccc(C(=O)NC)cc2)cc1. The predicted molar refractivity (Wildman–Crippen MR) is 101 cm³/mol. The lowest BCUT2D eigenvalue weighted by atomic mass is 10.1. The van der Waals surface area contributed by atoms with Crippen molar-refractivity contribution in [1.82, 2.24) is 16.0 Å². The maximum Gasteiger partial charge on any atom is 0.251 e. The minimum atomic E-state index is -0.226. The zero-order valence-electron chi connectivity index (χ0n) is 14.7. The van der Waals surface area contributed by atoms with Crippen LogP contribution in [-0.4, -0.2) is 31.8 Å². The van der Waals surface area contributed by atoms with Crippen LogP contribution in [0.25, 0.3) is 6.08 Å². The van der Waals surface area contributed by atoms with Gasteiger partial charge in [-0.15, -0.1) is 0 Å². The van der Waals surface area contributed by atoms with Crippen LogP contribution in [-0.2, 0) is 11.3 Å². The molecule has 3 N–H and O–H groups in total. The van der Waals surface area contributed by atoms with Gasteiger partial charge >= 0.3 is 0 Å². The Bertz CT molecular complexity index is 809. The van der Waals surface area contributed by atoms with Gasteiger partial charge in [-0.25, -0.2) is 0 Å². The van der Waals surface area contributed by atoms with E-state index in [1.807, 2.05) is 0 Å². The van der Waals surface area contributed by atoms with Crippen molar-refractivity contribution in [3.05, 3.63) is 76.9 Å². The first-order chi connectivity index (χ1) is 12.5. The van der Waals surface area contributed by atoms with Gasteiger partial charge in [0.2, 0.25) is 5.91 Å². The molecule has 0 aliphatic carbocycles. The van der Waals surface area contributed by atoms with Crippen molar-refractivity contribution in [2.75, 3.05) is 14.1 Å². The predicted octanol–water partition coefficient (Wildman–Crippen LogP) is 1.74. The highest BCUT2D eigenvalue weighted by molar-refractivity contribution is 5.95. The van der Waals surface area contributed by atoms with Gasteiger partial charge in [-0.3, -0.25) is 14.4 Å². The number of carbonyl (C=O) groups is 3. The first kappa shape index (κ1) is 18.9. The number of hydrogen-bond donors (Lipinski definition) is 3. The Kier molecular flexibility index (Phi) is 6.68. The second-order valence-corrected chi connectivity index (χ2v) is 5.53. The Morgan fingerprint density at radius 2 is 1.31 bits per heavy atom. The van der Waals surface area contributed by atoms with Crippen LogP contribution in [0.2, 0.25) is 0 Å². The molecule has 0 aliphatic heterocycles. The second kappa shape index (κ2) is 9.17. The summed E-state index contributed by atoms with van der Waals surface area (Å²) in [6, 6.07) is 14.0. The molecule has 0 unspecified atom stereocenters. The number of hydrogen-bond acceptors (Lipinski definition) is 3. The van der Waals surface area contributed by atoms with E-state index in [-0.39, 0.29) is 17.7 Å². The van der Waals surface area contributed by atoms with Crippen LogP contribution in [0.1, 0.15) is 31.8 Å². The smallest absolute Gasteiger partial charge is 0.251 e. The Morgan fingerprint density at radius 1 is 0.808 bits per heavy atom. The summed E-state index contributed by atoms with van der Waals surface area (Å²) in [5.74, 6) is -0.526. The van der Waals surface area contributed by atoms with E-state index in [1.54, 1.807) is 68.7 Å². The van der Waals surface area contributed by atoms with Gasteiger partial charge < -0.3 is 16.0 Å². The van der Waals surface area contributed by atoms with E-state index in [4.69, 9.17) is 0 Å². The van der Waals surface area contributed by atoms with E-state index in [0.717, 1.165) is 11.1 Å². The zero-order chi connectivity index (χ0) is 18.9. The summed E-state index contributed by atoms with van der Waals surface area (Å²) in [7, 11) is 3.15. The third kappa shape index (κ3) is 5.31. The Hall–Kier alpha value is -3.41. The number of amides is 3. The summed E-state index contributed by atoms with van der Waals surface area (Å²) >= 11 is 0. The van der Waals surface area contributed by atoms with Gasteiger partial charge in [-0.2, -0.15) is 0 Å². The monoisotopic (exact) mass is 351 g/mol. The summed E-state index contributed by atoms with van der Waals surface area (Å²) < 4.78 is 0. The van der Waals surface area contributed by atoms with Crippen LogP contribution in [0.15, 0.2) is 54.6 Å². The molecule has 0 radical (unpaired) electrons. The molecule has 2 rings (SSSR count). The average Bonchev–Trinajstić information content (AvgIpc) is 2.70. The molecule has 134 valence electrons. The van der Waals surface area contributed by atoms with Crippen LogP contribution in [0, 0.1) is 0 Å². The second-order valence-electron chi connectivity index (χ2n) is 5.53. The maximum absolute atomic E-state index is 11.9. The normalized spacial score (nSPS) is 10.4. The molecule has 0 aliphatic rings. The Balaban J connectivity index is 1.87. The van der Waals surface area contributed by atoms with Crippen molar-refractivity contribution < 1.29 is 14.4 Å². The quantitative estimate of drug-likeness (QED) is 0.693. The largest absolute Gasteiger partial charge is 0.355 e. The summed E-state index contributed by atoms with van der Waals surface area (Å²) in [5, 5.41) is 7.89. The molecule has 6 heteroatoms. The molecular formula is C20H21N3O3. The van der Waals surface area contributed by atoms with Crippen molar-refractivity contribution >= 4 is 23.8 Å².